The van der Waals surface area contributed by atoms with Gasteiger partial charge in [0, 0.05) is 12.8 Å². The van der Waals surface area contributed by atoms with E-state index in [4.69, 9.17) is 19.1 Å². The Morgan fingerprint density at radius 1 is 0.603 bits per heavy atom. The monoisotopic (exact) mass is 835 g/mol. The Kier molecular flexibility index (Phi) is 38.4. The average molecular weight is 835 g/mol. The number of ether oxygens (including phenoxy) is 2. The first-order valence-electron chi connectivity index (χ1n) is 21.3. The Hall–Kier alpha value is -3.15. The number of unbranched alkanes of at least 4 members (excludes halogenated alkanes) is 8. The summed E-state index contributed by atoms with van der Waals surface area (Å²) in [4.78, 5) is 35.0. The second-order valence-corrected chi connectivity index (χ2v) is 15.3. The maximum absolute atomic E-state index is 12.6. The van der Waals surface area contributed by atoms with Crippen LogP contribution in [0.25, 0.3) is 0 Å². The second-order valence-electron chi connectivity index (χ2n) is 13.8. The van der Waals surface area contributed by atoms with Crippen molar-refractivity contribution in [3.63, 3.8) is 0 Å². The van der Waals surface area contributed by atoms with E-state index >= 15 is 0 Å². The third-order valence-corrected chi connectivity index (χ3v) is 9.25. The smallest absolute Gasteiger partial charge is 0.462 e. The zero-order valence-electron chi connectivity index (χ0n) is 35.3. The molecule has 0 fully saturated rings. The van der Waals surface area contributed by atoms with Crippen LogP contribution in [-0.2, 0) is 32.7 Å². The normalized spacial score (nSPS) is 15.3. The van der Waals surface area contributed by atoms with E-state index in [1.807, 2.05) is 42.5 Å². The van der Waals surface area contributed by atoms with Gasteiger partial charge in [-0.2, -0.15) is 0 Å². The van der Waals surface area contributed by atoms with Gasteiger partial charge in [0.15, 0.2) is 6.10 Å². The largest absolute Gasteiger partial charge is 0.472 e. The molecule has 0 aliphatic heterocycles. The highest BCUT2D eigenvalue weighted by atomic mass is 31.2. The van der Waals surface area contributed by atoms with Gasteiger partial charge >= 0.3 is 19.8 Å². The minimum Gasteiger partial charge on any atom is -0.462 e. The van der Waals surface area contributed by atoms with Crippen molar-refractivity contribution in [3.8, 4) is 0 Å². The van der Waals surface area contributed by atoms with Crippen LogP contribution in [0.3, 0.4) is 0 Å². The Morgan fingerprint density at radius 2 is 1.16 bits per heavy atom. The predicted octanol–water partition coefficient (Wildman–Crippen LogP) is 10.2. The Balaban J connectivity index is 4.53. The summed E-state index contributed by atoms with van der Waals surface area (Å²) in [6.45, 7) is 2.03. The van der Waals surface area contributed by atoms with Gasteiger partial charge in [0.05, 0.1) is 25.9 Å². The van der Waals surface area contributed by atoms with Crippen molar-refractivity contribution < 1.29 is 52.9 Å². The lowest BCUT2D eigenvalue weighted by Crippen LogP contribution is -2.29. The number of phosphoric acid groups is 1. The average Bonchev–Trinajstić information content (AvgIpc) is 3.21. The highest BCUT2D eigenvalue weighted by Crippen LogP contribution is 2.43. The molecule has 12 heteroatoms. The third kappa shape index (κ3) is 39.7. The number of allylic oxidation sites excluding steroid dienone is 14. The fraction of sp³-hybridized carbons (Fsp3) is 0.609. The number of aliphatic hydroxyl groups excluding tert-OH is 3. The van der Waals surface area contributed by atoms with Crippen LogP contribution >= 0.6 is 7.82 Å². The zero-order valence-corrected chi connectivity index (χ0v) is 36.2. The molecule has 330 valence electrons. The quantitative estimate of drug-likeness (QED) is 0.0154. The number of carbonyl (C=O) groups excluding carboxylic acids is 2. The van der Waals surface area contributed by atoms with E-state index in [2.05, 4.69) is 67.0 Å². The molecule has 4 N–H and O–H groups in total. The van der Waals surface area contributed by atoms with E-state index < -0.39 is 57.9 Å². The highest BCUT2D eigenvalue weighted by Gasteiger charge is 2.27. The number of aliphatic hydroxyl groups is 3. The topological polar surface area (TPSA) is 169 Å². The molecule has 0 bridgehead atoms. The molecule has 4 atom stereocenters. The molecule has 0 aromatic heterocycles. The van der Waals surface area contributed by atoms with Crippen LogP contribution in [-0.4, -0.2) is 76.9 Å². The van der Waals surface area contributed by atoms with Crippen molar-refractivity contribution in [2.75, 3.05) is 26.4 Å². The molecule has 0 aliphatic carbocycles. The number of hydrogen-bond acceptors (Lipinski definition) is 10. The predicted molar refractivity (Wildman–Crippen MR) is 234 cm³/mol. The molecule has 0 heterocycles. The summed E-state index contributed by atoms with van der Waals surface area (Å²) in [7, 11) is -4.66. The molecule has 2 unspecified atom stereocenters. The molecule has 0 radical (unpaired) electrons. The minimum atomic E-state index is -4.66. The van der Waals surface area contributed by atoms with E-state index in [1.54, 1.807) is 6.08 Å². The molecular formula is C46H75O11P. The summed E-state index contributed by atoms with van der Waals surface area (Å²) >= 11 is 0. The number of carbonyl (C=O) groups is 2. The van der Waals surface area contributed by atoms with Gasteiger partial charge < -0.3 is 29.7 Å². The van der Waals surface area contributed by atoms with Crippen molar-refractivity contribution in [1.29, 1.82) is 0 Å². The van der Waals surface area contributed by atoms with Crippen molar-refractivity contribution in [1.82, 2.24) is 0 Å². The summed E-state index contributed by atoms with van der Waals surface area (Å²) in [5, 5.41) is 28.3. The van der Waals surface area contributed by atoms with Crippen molar-refractivity contribution in [2.24, 2.45) is 0 Å². The van der Waals surface area contributed by atoms with Crippen LogP contribution in [0.1, 0.15) is 136 Å². The second kappa shape index (κ2) is 40.6. The van der Waals surface area contributed by atoms with Crippen LogP contribution in [0.4, 0.5) is 0 Å². The molecule has 0 amide bonds. The van der Waals surface area contributed by atoms with Gasteiger partial charge in [-0.25, -0.2) is 4.57 Å². The van der Waals surface area contributed by atoms with Gasteiger partial charge in [0.1, 0.15) is 12.7 Å². The first kappa shape index (κ1) is 54.9. The van der Waals surface area contributed by atoms with E-state index in [-0.39, 0.29) is 19.4 Å². The SMILES string of the molecule is CC/C=C\C/C=C\CC(O)/C=C/C=C\C/C=C\CCCC(=O)OC[C@H](COP(=O)(O)OC[C@@H](O)CO)OC(=O)CCCCCC/C=C\C/C=C\C/C=C\CCCCC. The fourth-order valence-electron chi connectivity index (χ4n) is 5.00. The first-order chi connectivity index (χ1) is 28.1. The Bertz CT molecular complexity index is 1300. The number of rotatable bonds is 38. The van der Waals surface area contributed by atoms with Crippen LogP contribution in [0, 0.1) is 0 Å². The third-order valence-electron chi connectivity index (χ3n) is 8.30. The lowest BCUT2D eigenvalue weighted by Gasteiger charge is -2.20. The summed E-state index contributed by atoms with van der Waals surface area (Å²) in [6, 6.07) is 0. The highest BCUT2D eigenvalue weighted by molar-refractivity contribution is 7.47. The van der Waals surface area contributed by atoms with Crippen LogP contribution in [0.5, 0.6) is 0 Å². The molecular weight excluding hydrogens is 759 g/mol. The van der Waals surface area contributed by atoms with Crippen LogP contribution in [0.15, 0.2) is 97.2 Å². The number of esters is 2. The summed E-state index contributed by atoms with van der Waals surface area (Å²) in [5.74, 6) is -1.07. The first-order valence-corrected chi connectivity index (χ1v) is 22.8. The van der Waals surface area contributed by atoms with E-state index in [0.29, 0.717) is 32.1 Å². The maximum atomic E-state index is 12.6. The molecule has 0 aromatic rings. The van der Waals surface area contributed by atoms with Crippen molar-refractivity contribution >= 4 is 19.8 Å². The Morgan fingerprint density at radius 3 is 1.81 bits per heavy atom. The summed E-state index contributed by atoms with van der Waals surface area (Å²) in [5.41, 5.74) is 0. The minimum absolute atomic E-state index is 0.120. The van der Waals surface area contributed by atoms with E-state index in [1.165, 1.54) is 19.3 Å². The lowest BCUT2D eigenvalue weighted by atomic mass is 10.1. The molecule has 0 aromatic carbocycles. The molecule has 11 nitrogen and oxygen atoms in total. The van der Waals surface area contributed by atoms with Crippen molar-refractivity contribution in [3.05, 3.63) is 97.2 Å². The number of phosphoric ester groups is 1. The summed E-state index contributed by atoms with van der Waals surface area (Å²) < 4.78 is 32.6. The van der Waals surface area contributed by atoms with E-state index in [9.17, 15) is 29.3 Å². The molecule has 0 saturated carbocycles. The van der Waals surface area contributed by atoms with Crippen LogP contribution in [0.2, 0.25) is 0 Å². The molecule has 0 spiro atoms. The fourth-order valence-corrected chi connectivity index (χ4v) is 5.79. The molecule has 0 saturated heterocycles. The number of hydrogen-bond donors (Lipinski definition) is 4. The lowest BCUT2D eigenvalue weighted by molar-refractivity contribution is -0.161. The van der Waals surface area contributed by atoms with Crippen LogP contribution < -0.4 is 0 Å². The molecule has 0 aliphatic rings. The van der Waals surface area contributed by atoms with Gasteiger partial charge in [-0.15, -0.1) is 0 Å². The van der Waals surface area contributed by atoms with Gasteiger partial charge in [0.25, 0.3) is 0 Å². The van der Waals surface area contributed by atoms with Gasteiger partial charge in [-0.05, 0) is 83.5 Å². The zero-order chi connectivity index (χ0) is 42.8. The maximum Gasteiger partial charge on any atom is 0.472 e. The summed E-state index contributed by atoms with van der Waals surface area (Å²) in [6.07, 6.45) is 45.5. The molecule has 58 heavy (non-hydrogen) atoms. The van der Waals surface area contributed by atoms with E-state index in [0.717, 1.165) is 57.8 Å². The van der Waals surface area contributed by atoms with Gasteiger partial charge in [-0.1, -0.05) is 137 Å². The van der Waals surface area contributed by atoms with Gasteiger partial charge in [-0.3, -0.25) is 18.6 Å². The van der Waals surface area contributed by atoms with Gasteiger partial charge in [0.2, 0.25) is 0 Å². The van der Waals surface area contributed by atoms with Crippen molar-refractivity contribution in [2.45, 2.75) is 154 Å². The standard InChI is InChI=1S/C46H75O11P/c1-3-5-7-9-11-12-13-14-15-16-17-18-19-20-25-29-33-37-46(51)57-44(41-56-58(52,53)55-39-43(49)38-47)40-54-45(50)36-32-28-24-22-21-23-27-31-35-42(48)34-30-26-10-8-6-4-2/h6,8,11-12,14-15,17-18,22-24,26-27,30-31,35,42-44,47-49H,3-5,7,9-10,13,16,19-21,25,28-29,32-34,36-41H2,1-2H3,(H,52,53)/b8-6-,12-11-,15-14-,18-17-,24-22-,27-23-,30-26-,35-31+/t42?,43-,44+/m0/s1. The Labute approximate surface area is 349 Å². The molecule has 0 rings (SSSR count).